The van der Waals surface area contributed by atoms with E-state index >= 15 is 0 Å². The Hall–Kier alpha value is -2.46. The molecule has 0 aromatic heterocycles. The van der Waals surface area contributed by atoms with E-state index in [-0.39, 0.29) is 29.6 Å². The van der Waals surface area contributed by atoms with E-state index in [1.807, 2.05) is 45.3 Å². The minimum Gasteiger partial charge on any atom is -0.309 e. The molecule has 4 unspecified atom stereocenters. The van der Waals surface area contributed by atoms with Gasteiger partial charge in [0.15, 0.2) is 0 Å². The average Bonchev–Trinajstić information content (AvgIpc) is 2.99. The summed E-state index contributed by atoms with van der Waals surface area (Å²) in [6.45, 7) is 5.52. The van der Waals surface area contributed by atoms with Gasteiger partial charge < -0.3 is 4.90 Å². The second-order valence-electron chi connectivity index (χ2n) is 9.07. The first-order chi connectivity index (χ1) is 14.9. The molecule has 4 atom stereocenters. The molecule has 1 fully saturated rings. The Labute approximate surface area is 187 Å². The molecule has 2 amide bonds. The molecule has 31 heavy (non-hydrogen) atoms. The zero-order chi connectivity index (χ0) is 22.4. The maximum atomic E-state index is 13.5. The van der Waals surface area contributed by atoms with Crippen LogP contribution in [0.15, 0.2) is 60.7 Å². The van der Waals surface area contributed by atoms with Gasteiger partial charge in [0.05, 0.1) is 5.92 Å². The fourth-order valence-electron chi connectivity index (χ4n) is 4.95. The highest BCUT2D eigenvalue weighted by atomic mass is 16.2. The van der Waals surface area contributed by atoms with Crippen molar-refractivity contribution in [2.75, 3.05) is 27.2 Å². The van der Waals surface area contributed by atoms with E-state index in [2.05, 4.69) is 48.2 Å². The lowest BCUT2D eigenvalue weighted by Crippen LogP contribution is -2.34. The van der Waals surface area contributed by atoms with Gasteiger partial charge in [-0.2, -0.15) is 0 Å². The summed E-state index contributed by atoms with van der Waals surface area (Å²) in [4.78, 5) is 30.2. The van der Waals surface area contributed by atoms with E-state index in [9.17, 15) is 9.59 Å². The van der Waals surface area contributed by atoms with E-state index < -0.39 is 0 Å². The van der Waals surface area contributed by atoms with Crippen LogP contribution in [0.25, 0.3) is 0 Å². The SMILES string of the molecule is CCC(CC(c1ccccc1)C1C(=O)N(CCCN(C)C)C(=O)C1C)c1ccccc1. The van der Waals surface area contributed by atoms with Gasteiger partial charge in [0.25, 0.3) is 0 Å². The lowest BCUT2D eigenvalue weighted by molar-refractivity contribution is -0.140. The molecule has 0 N–H and O–H groups in total. The van der Waals surface area contributed by atoms with Crippen molar-refractivity contribution < 1.29 is 9.59 Å². The smallest absolute Gasteiger partial charge is 0.233 e. The molecular weight excluding hydrogens is 384 g/mol. The lowest BCUT2D eigenvalue weighted by Gasteiger charge is -2.29. The van der Waals surface area contributed by atoms with Crippen molar-refractivity contribution in [1.29, 1.82) is 0 Å². The minimum absolute atomic E-state index is 0.00743. The Morgan fingerprint density at radius 3 is 2.03 bits per heavy atom. The number of likely N-dealkylation sites (tertiary alicyclic amines) is 1. The van der Waals surface area contributed by atoms with E-state index in [0.29, 0.717) is 12.5 Å². The lowest BCUT2D eigenvalue weighted by atomic mass is 9.73. The molecule has 0 saturated carbocycles. The van der Waals surface area contributed by atoms with Gasteiger partial charge in [-0.15, -0.1) is 0 Å². The number of carbonyl (C=O) groups is 2. The highest BCUT2D eigenvalue weighted by Gasteiger charge is 2.48. The number of nitrogens with zero attached hydrogens (tertiary/aromatic N) is 2. The Kier molecular flexibility index (Phi) is 8.03. The summed E-state index contributed by atoms with van der Waals surface area (Å²) in [6.07, 6.45) is 2.68. The monoisotopic (exact) mass is 420 g/mol. The second-order valence-corrected chi connectivity index (χ2v) is 9.07. The number of carbonyl (C=O) groups excluding carboxylic acids is 2. The van der Waals surface area contributed by atoms with Crippen LogP contribution in [-0.4, -0.2) is 48.8 Å². The summed E-state index contributed by atoms with van der Waals surface area (Å²) in [5.41, 5.74) is 2.46. The van der Waals surface area contributed by atoms with Crippen LogP contribution in [0.4, 0.5) is 0 Å². The molecule has 1 saturated heterocycles. The third-order valence-electron chi connectivity index (χ3n) is 6.70. The van der Waals surface area contributed by atoms with Crippen LogP contribution in [0.1, 0.15) is 56.1 Å². The van der Waals surface area contributed by atoms with Gasteiger partial charge in [0.1, 0.15) is 0 Å². The normalized spacial score (nSPS) is 21.0. The van der Waals surface area contributed by atoms with Crippen molar-refractivity contribution >= 4 is 11.8 Å². The fraction of sp³-hybridized carbons (Fsp3) is 0.481. The summed E-state index contributed by atoms with van der Waals surface area (Å²) in [5, 5.41) is 0. The van der Waals surface area contributed by atoms with Gasteiger partial charge in [-0.1, -0.05) is 74.5 Å². The Morgan fingerprint density at radius 1 is 0.903 bits per heavy atom. The fourth-order valence-corrected chi connectivity index (χ4v) is 4.95. The van der Waals surface area contributed by atoms with Crippen LogP contribution in [-0.2, 0) is 9.59 Å². The van der Waals surface area contributed by atoms with Gasteiger partial charge in [-0.25, -0.2) is 0 Å². The molecule has 3 rings (SSSR count). The number of hydrogen-bond acceptors (Lipinski definition) is 3. The molecule has 0 spiro atoms. The first-order valence-corrected chi connectivity index (χ1v) is 11.5. The van der Waals surface area contributed by atoms with Crippen LogP contribution in [0, 0.1) is 11.8 Å². The number of rotatable bonds is 10. The van der Waals surface area contributed by atoms with Gasteiger partial charge in [0.2, 0.25) is 11.8 Å². The topological polar surface area (TPSA) is 40.6 Å². The Balaban J connectivity index is 1.88. The zero-order valence-electron chi connectivity index (χ0n) is 19.3. The number of amides is 2. The van der Waals surface area contributed by atoms with Crippen LogP contribution in [0.5, 0.6) is 0 Å². The van der Waals surface area contributed by atoms with E-state index in [1.165, 1.54) is 10.5 Å². The quantitative estimate of drug-likeness (QED) is 0.512. The second kappa shape index (κ2) is 10.7. The van der Waals surface area contributed by atoms with Crippen LogP contribution >= 0.6 is 0 Å². The molecule has 2 aromatic carbocycles. The third-order valence-corrected chi connectivity index (χ3v) is 6.70. The van der Waals surface area contributed by atoms with Gasteiger partial charge in [0, 0.05) is 12.5 Å². The zero-order valence-corrected chi connectivity index (χ0v) is 19.3. The first kappa shape index (κ1) is 23.2. The first-order valence-electron chi connectivity index (χ1n) is 11.5. The van der Waals surface area contributed by atoms with Gasteiger partial charge in [-0.3, -0.25) is 14.5 Å². The van der Waals surface area contributed by atoms with Crippen LogP contribution in [0.2, 0.25) is 0 Å². The molecule has 4 heteroatoms. The Morgan fingerprint density at radius 2 is 1.48 bits per heavy atom. The van der Waals surface area contributed by atoms with Crippen molar-refractivity contribution in [3.63, 3.8) is 0 Å². The van der Waals surface area contributed by atoms with E-state index in [1.54, 1.807) is 0 Å². The van der Waals surface area contributed by atoms with Crippen molar-refractivity contribution in [1.82, 2.24) is 9.80 Å². The largest absolute Gasteiger partial charge is 0.309 e. The minimum atomic E-state index is -0.299. The predicted octanol–water partition coefficient (Wildman–Crippen LogP) is 4.93. The van der Waals surface area contributed by atoms with Crippen LogP contribution in [0.3, 0.4) is 0 Å². The van der Waals surface area contributed by atoms with E-state index in [4.69, 9.17) is 0 Å². The van der Waals surface area contributed by atoms with Gasteiger partial charge in [-0.05, 0) is 62.9 Å². The highest BCUT2D eigenvalue weighted by Crippen LogP contribution is 2.43. The molecule has 1 heterocycles. The number of benzene rings is 2. The van der Waals surface area contributed by atoms with Crippen molar-refractivity contribution in [3.8, 4) is 0 Å². The summed E-state index contributed by atoms with van der Waals surface area (Å²) in [5.74, 6) is -0.214. The molecule has 166 valence electrons. The van der Waals surface area contributed by atoms with Gasteiger partial charge >= 0.3 is 0 Å². The molecule has 4 nitrogen and oxygen atoms in total. The molecule has 1 aliphatic heterocycles. The average molecular weight is 421 g/mol. The third kappa shape index (κ3) is 5.43. The van der Waals surface area contributed by atoms with E-state index in [0.717, 1.165) is 31.4 Å². The molecular formula is C27H36N2O2. The number of imide groups is 1. The molecule has 0 aliphatic carbocycles. The Bertz CT molecular complexity index is 850. The summed E-state index contributed by atoms with van der Waals surface area (Å²) in [7, 11) is 4.03. The molecule has 2 aromatic rings. The maximum Gasteiger partial charge on any atom is 0.233 e. The summed E-state index contributed by atoms with van der Waals surface area (Å²) >= 11 is 0. The highest BCUT2D eigenvalue weighted by molar-refractivity contribution is 6.05. The van der Waals surface area contributed by atoms with Crippen molar-refractivity contribution in [2.24, 2.45) is 11.8 Å². The standard InChI is InChI=1S/C27H36N2O2/c1-5-21(22-13-8-6-9-14-22)19-24(23-15-10-7-11-16-23)25-20(2)26(30)29(27(25)31)18-12-17-28(3)4/h6-11,13-16,20-21,24-25H,5,12,17-19H2,1-4H3. The molecule has 0 radical (unpaired) electrons. The summed E-state index contributed by atoms with van der Waals surface area (Å²) < 4.78 is 0. The van der Waals surface area contributed by atoms with Crippen LogP contribution < -0.4 is 0 Å². The number of hydrogen-bond donors (Lipinski definition) is 0. The predicted molar refractivity (Wildman–Crippen MR) is 126 cm³/mol. The maximum absolute atomic E-state index is 13.5. The van der Waals surface area contributed by atoms with Crippen molar-refractivity contribution in [3.05, 3.63) is 71.8 Å². The molecule has 0 bridgehead atoms. The molecule has 1 aliphatic rings. The summed E-state index contributed by atoms with van der Waals surface area (Å²) in [6, 6.07) is 20.8. The van der Waals surface area contributed by atoms with Crippen molar-refractivity contribution in [2.45, 2.75) is 44.9 Å².